The second-order valence-corrected chi connectivity index (χ2v) is 4.60. The summed E-state index contributed by atoms with van der Waals surface area (Å²) in [4.78, 5) is 8.74. The Morgan fingerprint density at radius 3 is 3.00 bits per heavy atom. The molecule has 0 aliphatic carbocycles. The second kappa shape index (κ2) is 5.07. The van der Waals surface area contributed by atoms with Crippen molar-refractivity contribution in [1.82, 2.24) is 9.97 Å². The van der Waals surface area contributed by atoms with E-state index in [0.717, 1.165) is 24.5 Å². The molecule has 1 N–H and O–H groups in total. The third kappa shape index (κ3) is 2.79. The van der Waals surface area contributed by atoms with E-state index in [1.165, 1.54) is 10.6 Å². The quantitative estimate of drug-likeness (QED) is 0.882. The van der Waals surface area contributed by atoms with Gasteiger partial charge in [-0.05, 0) is 31.0 Å². The van der Waals surface area contributed by atoms with Crippen LogP contribution in [0.2, 0.25) is 0 Å². The molecule has 0 unspecified atom stereocenters. The number of nitrogens with zero attached hydrogens (tertiary/aromatic N) is 2. The molecular weight excluding hydrogens is 218 g/mol. The van der Waals surface area contributed by atoms with Gasteiger partial charge < -0.3 is 5.32 Å². The van der Waals surface area contributed by atoms with Crippen molar-refractivity contribution in [2.24, 2.45) is 0 Å². The summed E-state index contributed by atoms with van der Waals surface area (Å²) in [6.07, 6.45) is 2.82. The van der Waals surface area contributed by atoms with E-state index in [1.54, 1.807) is 11.3 Å². The number of thiazole rings is 1. The highest BCUT2D eigenvalue weighted by Crippen LogP contribution is 2.12. The monoisotopic (exact) mass is 233 g/mol. The number of hydrogen-bond acceptors (Lipinski definition) is 4. The molecule has 4 heteroatoms. The van der Waals surface area contributed by atoms with E-state index < -0.39 is 0 Å². The SMILES string of the molecule is CCc1nc(CNc2cc(C)ccn2)cs1. The highest BCUT2D eigenvalue weighted by molar-refractivity contribution is 7.09. The van der Waals surface area contributed by atoms with Crippen molar-refractivity contribution < 1.29 is 0 Å². The van der Waals surface area contributed by atoms with Gasteiger partial charge in [-0.1, -0.05) is 6.92 Å². The van der Waals surface area contributed by atoms with Gasteiger partial charge in [0, 0.05) is 11.6 Å². The van der Waals surface area contributed by atoms with Gasteiger partial charge in [0.25, 0.3) is 0 Å². The van der Waals surface area contributed by atoms with Crippen LogP contribution in [-0.2, 0) is 13.0 Å². The molecule has 0 aliphatic rings. The summed E-state index contributed by atoms with van der Waals surface area (Å²) in [5.74, 6) is 0.908. The molecule has 2 rings (SSSR count). The Hall–Kier alpha value is -1.42. The molecule has 16 heavy (non-hydrogen) atoms. The van der Waals surface area contributed by atoms with E-state index in [1.807, 2.05) is 18.3 Å². The van der Waals surface area contributed by atoms with Crippen LogP contribution in [0.1, 0.15) is 23.2 Å². The number of anilines is 1. The van der Waals surface area contributed by atoms with Gasteiger partial charge in [0.1, 0.15) is 5.82 Å². The van der Waals surface area contributed by atoms with Gasteiger partial charge in [0.15, 0.2) is 0 Å². The molecule has 2 aromatic heterocycles. The zero-order valence-electron chi connectivity index (χ0n) is 9.53. The van der Waals surface area contributed by atoms with Crippen LogP contribution in [-0.4, -0.2) is 9.97 Å². The topological polar surface area (TPSA) is 37.8 Å². The van der Waals surface area contributed by atoms with Crippen molar-refractivity contribution in [3.8, 4) is 0 Å². The van der Waals surface area contributed by atoms with Crippen LogP contribution in [0, 0.1) is 6.92 Å². The average molecular weight is 233 g/mol. The largest absolute Gasteiger partial charge is 0.364 e. The number of aromatic nitrogens is 2. The van der Waals surface area contributed by atoms with Crippen LogP contribution < -0.4 is 5.32 Å². The summed E-state index contributed by atoms with van der Waals surface area (Å²) >= 11 is 1.72. The Labute approximate surface area is 99.6 Å². The molecule has 0 saturated carbocycles. The Bertz CT molecular complexity index is 465. The molecule has 2 aromatic rings. The van der Waals surface area contributed by atoms with Gasteiger partial charge in [-0.2, -0.15) is 0 Å². The number of nitrogens with one attached hydrogen (secondary N) is 1. The summed E-state index contributed by atoms with van der Waals surface area (Å²) in [7, 11) is 0. The molecule has 3 nitrogen and oxygen atoms in total. The van der Waals surface area contributed by atoms with Crippen LogP contribution in [0.3, 0.4) is 0 Å². The van der Waals surface area contributed by atoms with E-state index >= 15 is 0 Å². The third-order valence-electron chi connectivity index (χ3n) is 2.27. The summed E-state index contributed by atoms with van der Waals surface area (Å²) in [6.45, 7) is 4.93. The Kier molecular flexibility index (Phi) is 3.51. The maximum atomic E-state index is 4.49. The van der Waals surface area contributed by atoms with Crippen LogP contribution in [0.25, 0.3) is 0 Å². The molecule has 0 aromatic carbocycles. The Balaban J connectivity index is 1.96. The lowest BCUT2D eigenvalue weighted by Crippen LogP contribution is -2.01. The first-order valence-electron chi connectivity index (χ1n) is 5.37. The first-order chi connectivity index (χ1) is 7.78. The average Bonchev–Trinajstić information content (AvgIpc) is 2.74. The van der Waals surface area contributed by atoms with Crippen LogP contribution in [0.15, 0.2) is 23.7 Å². The fourth-order valence-electron chi connectivity index (χ4n) is 1.41. The lowest BCUT2D eigenvalue weighted by Gasteiger charge is -2.03. The van der Waals surface area contributed by atoms with E-state index in [9.17, 15) is 0 Å². The molecule has 0 bridgehead atoms. The van der Waals surface area contributed by atoms with E-state index in [4.69, 9.17) is 0 Å². The molecule has 0 atom stereocenters. The van der Waals surface area contributed by atoms with Crippen LogP contribution in [0.4, 0.5) is 5.82 Å². The van der Waals surface area contributed by atoms with Crippen molar-refractivity contribution in [2.75, 3.05) is 5.32 Å². The summed E-state index contributed by atoms with van der Waals surface area (Å²) in [6, 6.07) is 4.02. The zero-order chi connectivity index (χ0) is 11.4. The molecule has 0 saturated heterocycles. The first kappa shape index (κ1) is 11.1. The van der Waals surface area contributed by atoms with Gasteiger partial charge >= 0.3 is 0 Å². The van der Waals surface area contributed by atoms with Gasteiger partial charge in [-0.15, -0.1) is 11.3 Å². The van der Waals surface area contributed by atoms with Crippen LogP contribution in [0.5, 0.6) is 0 Å². The summed E-state index contributed by atoms with van der Waals surface area (Å²) in [5.41, 5.74) is 2.30. The van der Waals surface area contributed by atoms with Gasteiger partial charge in [0.2, 0.25) is 0 Å². The lowest BCUT2D eigenvalue weighted by molar-refractivity contribution is 1.00. The molecule has 0 fully saturated rings. The van der Waals surface area contributed by atoms with Crippen molar-refractivity contribution in [1.29, 1.82) is 0 Å². The highest BCUT2D eigenvalue weighted by atomic mass is 32.1. The number of pyridine rings is 1. The second-order valence-electron chi connectivity index (χ2n) is 3.66. The fourth-order valence-corrected chi connectivity index (χ4v) is 2.15. The molecular formula is C12H15N3S. The number of rotatable bonds is 4. The Morgan fingerprint density at radius 1 is 1.44 bits per heavy atom. The van der Waals surface area contributed by atoms with Gasteiger partial charge in [0.05, 0.1) is 17.2 Å². The predicted octanol–water partition coefficient (Wildman–Crippen LogP) is 3.02. The normalized spacial score (nSPS) is 10.4. The number of aryl methyl sites for hydroxylation is 2. The third-order valence-corrected chi connectivity index (χ3v) is 3.31. The first-order valence-corrected chi connectivity index (χ1v) is 6.25. The summed E-state index contributed by atoms with van der Waals surface area (Å²) < 4.78 is 0. The fraction of sp³-hybridized carbons (Fsp3) is 0.333. The van der Waals surface area contributed by atoms with Crippen molar-refractivity contribution in [3.05, 3.63) is 40.0 Å². The van der Waals surface area contributed by atoms with Crippen molar-refractivity contribution in [3.63, 3.8) is 0 Å². The molecule has 0 spiro atoms. The van der Waals surface area contributed by atoms with Crippen molar-refractivity contribution in [2.45, 2.75) is 26.8 Å². The van der Waals surface area contributed by atoms with Crippen molar-refractivity contribution >= 4 is 17.2 Å². The van der Waals surface area contributed by atoms with Crippen LogP contribution >= 0.6 is 11.3 Å². The van der Waals surface area contributed by atoms with E-state index in [0.29, 0.717) is 0 Å². The lowest BCUT2D eigenvalue weighted by atomic mass is 10.3. The minimum Gasteiger partial charge on any atom is -0.364 e. The van der Waals surface area contributed by atoms with Gasteiger partial charge in [-0.3, -0.25) is 0 Å². The van der Waals surface area contributed by atoms with Gasteiger partial charge in [-0.25, -0.2) is 9.97 Å². The standard InChI is InChI=1S/C12H15N3S/c1-3-12-15-10(8-16-12)7-14-11-6-9(2)4-5-13-11/h4-6,8H,3,7H2,1-2H3,(H,13,14). The molecule has 0 radical (unpaired) electrons. The smallest absolute Gasteiger partial charge is 0.126 e. The highest BCUT2D eigenvalue weighted by Gasteiger charge is 2.00. The zero-order valence-corrected chi connectivity index (χ0v) is 10.3. The number of hydrogen-bond donors (Lipinski definition) is 1. The van der Waals surface area contributed by atoms with E-state index in [2.05, 4.69) is 34.5 Å². The van der Waals surface area contributed by atoms with E-state index in [-0.39, 0.29) is 0 Å². The maximum absolute atomic E-state index is 4.49. The molecule has 84 valence electrons. The molecule has 0 aliphatic heterocycles. The molecule has 0 amide bonds. The predicted molar refractivity (Wildman–Crippen MR) is 67.8 cm³/mol. The minimum atomic E-state index is 0.743. The summed E-state index contributed by atoms with van der Waals surface area (Å²) in [5, 5.41) is 6.56. The maximum Gasteiger partial charge on any atom is 0.126 e. The minimum absolute atomic E-state index is 0.743. The Morgan fingerprint density at radius 2 is 2.31 bits per heavy atom. The molecule has 2 heterocycles.